The summed E-state index contributed by atoms with van der Waals surface area (Å²) in [5.74, 6) is 9.90. The third-order valence-corrected chi connectivity index (χ3v) is 6.07. The lowest BCUT2D eigenvalue weighted by atomic mass is 9.85. The van der Waals surface area contributed by atoms with Crippen molar-refractivity contribution in [3.05, 3.63) is 108 Å². The number of nitrogens with two attached hydrogens (primary N) is 2. The van der Waals surface area contributed by atoms with Crippen molar-refractivity contribution < 1.29 is 9.59 Å². The fourth-order valence-corrected chi connectivity index (χ4v) is 4.49. The van der Waals surface area contributed by atoms with E-state index in [0.29, 0.717) is 11.1 Å². The highest BCUT2D eigenvalue weighted by Crippen LogP contribution is 2.43. The lowest BCUT2D eigenvalue weighted by molar-refractivity contribution is 0.0945. The van der Waals surface area contributed by atoms with Gasteiger partial charge in [0.2, 0.25) is 0 Å². The molecule has 0 aliphatic carbocycles. The molecule has 0 bridgehead atoms. The average molecular weight is 447 g/mol. The summed E-state index contributed by atoms with van der Waals surface area (Å²) in [7, 11) is 0. The van der Waals surface area contributed by atoms with Crippen molar-refractivity contribution in [3.8, 4) is 22.3 Å². The number of carbonyl (C=O) groups excluding carboxylic acids is 2. The quantitative estimate of drug-likeness (QED) is 0.141. The van der Waals surface area contributed by atoms with E-state index in [2.05, 4.69) is 35.1 Å². The molecule has 0 aliphatic rings. The van der Waals surface area contributed by atoms with Gasteiger partial charge in [-0.3, -0.25) is 20.4 Å². The zero-order valence-corrected chi connectivity index (χ0v) is 18.2. The number of benzene rings is 5. The number of nitrogen functional groups attached to an aromatic ring is 2. The van der Waals surface area contributed by atoms with Gasteiger partial charge in [0.25, 0.3) is 11.8 Å². The van der Waals surface area contributed by atoms with E-state index in [1.54, 1.807) is 24.3 Å². The van der Waals surface area contributed by atoms with Crippen molar-refractivity contribution in [3.63, 3.8) is 0 Å². The molecule has 0 fully saturated rings. The van der Waals surface area contributed by atoms with Crippen LogP contribution in [0.15, 0.2) is 97.1 Å². The maximum Gasteiger partial charge on any atom is 0.265 e. The first-order valence-corrected chi connectivity index (χ1v) is 10.8. The van der Waals surface area contributed by atoms with Gasteiger partial charge in [-0.1, -0.05) is 72.8 Å². The van der Waals surface area contributed by atoms with Gasteiger partial charge in [0.1, 0.15) is 0 Å². The Bertz CT molecular complexity index is 1370. The molecule has 0 radical (unpaired) electrons. The summed E-state index contributed by atoms with van der Waals surface area (Å²) in [5.41, 5.74) is 9.52. The van der Waals surface area contributed by atoms with Crippen molar-refractivity contribution in [1.82, 2.24) is 10.9 Å². The molecule has 0 saturated carbocycles. The predicted molar refractivity (Wildman–Crippen MR) is 136 cm³/mol. The Morgan fingerprint density at radius 2 is 0.765 bits per heavy atom. The maximum atomic E-state index is 11.9. The molecule has 5 aromatic rings. The minimum atomic E-state index is -0.330. The second-order valence-corrected chi connectivity index (χ2v) is 7.94. The molecule has 0 unspecified atom stereocenters. The predicted octanol–water partition coefficient (Wildman–Crippen LogP) is 4.53. The first kappa shape index (κ1) is 21.3. The van der Waals surface area contributed by atoms with Gasteiger partial charge in [-0.05, 0) is 68.1 Å². The van der Waals surface area contributed by atoms with Crippen molar-refractivity contribution in [2.45, 2.75) is 0 Å². The number of rotatable bonds is 4. The highest BCUT2D eigenvalue weighted by atomic mass is 16.2. The van der Waals surface area contributed by atoms with Crippen LogP contribution in [0.5, 0.6) is 0 Å². The second-order valence-electron chi connectivity index (χ2n) is 7.94. The van der Waals surface area contributed by atoms with Crippen molar-refractivity contribution in [2.24, 2.45) is 11.7 Å². The Kier molecular flexibility index (Phi) is 5.51. The van der Waals surface area contributed by atoms with Crippen LogP contribution in [-0.2, 0) is 0 Å². The fourth-order valence-electron chi connectivity index (χ4n) is 4.49. The van der Waals surface area contributed by atoms with E-state index in [-0.39, 0.29) is 11.8 Å². The smallest absolute Gasteiger partial charge is 0.265 e. The molecule has 0 saturated heterocycles. The van der Waals surface area contributed by atoms with Crippen LogP contribution in [0, 0.1) is 0 Å². The summed E-state index contributed by atoms with van der Waals surface area (Å²) in [6.45, 7) is 0. The van der Waals surface area contributed by atoms with Gasteiger partial charge >= 0.3 is 0 Å². The van der Waals surface area contributed by atoms with E-state index < -0.39 is 0 Å². The second kappa shape index (κ2) is 8.78. The number of amides is 2. The zero-order chi connectivity index (χ0) is 23.7. The molecule has 2 amide bonds. The molecule has 6 nitrogen and oxygen atoms in total. The van der Waals surface area contributed by atoms with E-state index in [1.807, 2.05) is 48.5 Å². The van der Waals surface area contributed by atoms with Gasteiger partial charge in [-0.15, -0.1) is 0 Å². The largest absolute Gasteiger partial charge is 0.290 e. The highest BCUT2D eigenvalue weighted by Gasteiger charge is 2.17. The molecule has 6 heteroatoms. The third kappa shape index (κ3) is 3.57. The molecule has 34 heavy (non-hydrogen) atoms. The molecule has 0 spiro atoms. The van der Waals surface area contributed by atoms with Crippen LogP contribution in [0.4, 0.5) is 0 Å². The molecule has 6 N–H and O–H groups in total. The number of hydrazine groups is 2. The topological polar surface area (TPSA) is 110 Å². The highest BCUT2D eigenvalue weighted by molar-refractivity contribution is 6.21. The standard InChI is InChI=1S/C28H22N4O2/c29-31-27(33)19-13-9-17(10-14-19)25-21-5-1-2-6-22(21)26(24-8-4-3-7-23(24)25)18-11-15-20(16-12-18)28(34)32-30/h1-16H,29-30H2,(H,31,33)(H,32,34). The van der Waals surface area contributed by atoms with Crippen LogP contribution >= 0.6 is 0 Å². The van der Waals surface area contributed by atoms with E-state index in [4.69, 9.17) is 11.7 Å². The number of fused-ring (bicyclic) bond motifs is 2. The van der Waals surface area contributed by atoms with E-state index in [1.165, 1.54) is 0 Å². The van der Waals surface area contributed by atoms with Crippen LogP contribution in [0.1, 0.15) is 20.7 Å². The molecule has 0 aromatic heterocycles. The molecule has 0 aliphatic heterocycles. The monoisotopic (exact) mass is 446 g/mol. The number of hydrogen-bond donors (Lipinski definition) is 4. The Balaban J connectivity index is 1.79. The maximum absolute atomic E-state index is 11.9. The molecule has 0 heterocycles. The molecule has 5 rings (SSSR count). The van der Waals surface area contributed by atoms with Gasteiger partial charge in [-0.2, -0.15) is 0 Å². The van der Waals surface area contributed by atoms with Gasteiger partial charge in [0.15, 0.2) is 0 Å². The first-order valence-electron chi connectivity index (χ1n) is 10.8. The van der Waals surface area contributed by atoms with Crippen LogP contribution in [0.25, 0.3) is 43.8 Å². The summed E-state index contributed by atoms with van der Waals surface area (Å²) < 4.78 is 0. The summed E-state index contributed by atoms with van der Waals surface area (Å²) in [6.07, 6.45) is 0. The summed E-state index contributed by atoms with van der Waals surface area (Å²) in [6, 6.07) is 31.4. The van der Waals surface area contributed by atoms with Crippen molar-refractivity contribution in [2.75, 3.05) is 0 Å². The van der Waals surface area contributed by atoms with Gasteiger partial charge in [0, 0.05) is 11.1 Å². The number of hydrogen-bond acceptors (Lipinski definition) is 4. The lowest BCUT2D eigenvalue weighted by Gasteiger charge is -2.18. The van der Waals surface area contributed by atoms with E-state index >= 15 is 0 Å². The van der Waals surface area contributed by atoms with E-state index in [0.717, 1.165) is 43.8 Å². The van der Waals surface area contributed by atoms with Crippen molar-refractivity contribution in [1.29, 1.82) is 0 Å². The summed E-state index contributed by atoms with van der Waals surface area (Å²) in [4.78, 5) is 23.8. The minimum absolute atomic E-state index is 0.330. The van der Waals surface area contributed by atoms with Gasteiger partial charge < -0.3 is 0 Å². The van der Waals surface area contributed by atoms with Crippen LogP contribution in [0.3, 0.4) is 0 Å². The van der Waals surface area contributed by atoms with Crippen molar-refractivity contribution >= 4 is 33.4 Å². The first-order chi connectivity index (χ1) is 16.6. The molecular formula is C28H22N4O2. The minimum Gasteiger partial charge on any atom is -0.290 e. The average Bonchev–Trinajstić information content (AvgIpc) is 2.91. The number of nitrogens with one attached hydrogen (secondary N) is 2. The number of carbonyl (C=O) groups is 2. The molecule has 0 atom stereocenters. The van der Waals surface area contributed by atoms with Gasteiger partial charge in [-0.25, -0.2) is 11.7 Å². The Hall–Kier alpha value is -4.52. The summed E-state index contributed by atoms with van der Waals surface area (Å²) in [5, 5.41) is 4.37. The van der Waals surface area contributed by atoms with Crippen LogP contribution in [0.2, 0.25) is 0 Å². The molecule has 5 aromatic carbocycles. The normalized spacial score (nSPS) is 10.9. The Morgan fingerprint density at radius 1 is 0.471 bits per heavy atom. The van der Waals surface area contributed by atoms with Crippen LogP contribution in [-0.4, -0.2) is 11.8 Å². The SMILES string of the molecule is NNC(=O)c1ccc(-c2c3ccccc3c(-c3ccc(C(=O)NN)cc3)c3ccccc23)cc1. The molecule has 166 valence electrons. The lowest BCUT2D eigenvalue weighted by Crippen LogP contribution is -2.29. The third-order valence-electron chi connectivity index (χ3n) is 6.07. The fraction of sp³-hybridized carbons (Fsp3) is 0. The van der Waals surface area contributed by atoms with Crippen LogP contribution < -0.4 is 22.5 Å². The zero-order valence-electron chi connectivity index (χ0n) is 18.2. The Morgan fingerprint density at radius 3 is 1.03 bits per heavy atom. The molecular weight excluding hydrogens is 424 g/mol. The van der Waals surface area contributed by atoms with Gasteiger partial charge in [0.05, 0.1) is 0 Å². The summed E-state index contributed by atoms with van der Waals surface area (Å²) >= 11 is 0. The van der Waals surface area contributed by atoms with E-state index in [9.17, 15) is 9.59 Å². The Labute approximate surface area is 196 Å².